The first-order valence-corrected chi connectivity index (χ1v) is 7.33. The molecule has 1 saturated heterocycles. The highest BCUT2D eigenvalue weighted by Crippen LogP contribution is 2.28. The van der Waals surface area contributed by atoms with Crippen LogP contribution in [-0.4, -0.2) is 42.5 Å². The van der Waals surface area contributed by atoms with E-state index in [1.165, 1.54) is 5.57 Å². The summed E-state index contributed by atoms with van der Waals surface area (Å²) in [5, 5.41) is 0. The number of carbonyl (C=O) groups excluding carboxylic acids is 2. The summed E-state index contributed by atoms with van der Waals surface area (Å²) in [6.45, 7) is 2.69. The van der Waals surface area contributed by atoms with Gasteiger partial charge in [0.15, 0.2) is 0 Å². The molecule has 1 saturated carbocycles. The normalized spacial score (nSPS) is 30.4. The summed E-state index contributed by atoms with van der Waals surface area (Å²) in [4.78, 5) is 25.4. The number of hydrogen-bond donors (Lipinski definition) is 1. The zero-order valence-corrected chi connectivity index (χ0v) is 12.3. The fourth-order valence-electron chi connectivity index (χ4n) is 3.02. The van der Waals surface area contributed by atoms with Gasteiger partial charge in [0.1, 0.15) is 6.04 Å². The maximum Gasteiger partial charge on any atom is 0.247 e. The van der Waals surface area contributed by atoms with Crippen LogP contribution in [0.4, 0.5) is 0 Å². The third kappa shape index (κ3) is 3.39. The van der Waals surface area contributed by atoms with Crippen molar-refractivity contribution in [2.24, 2.45) is 11.7 Å². The van der Waals surface area contributed by atoms with E-state index >= 15 is 0 Å². The predicted molar refractivity (Wildman–Crippen MR) is 75.8 cm³/mol. The van der Waals surface area contributed by atoms with E-state index in [0.29, 0.717) is 13.0 Å². The maximum absolute atomic E-state index is 12.4. The van der Waals surface area contributed by atoms with Crippen molar-refractivity contribution in [1.29, 1.82) is 0 Å². The fourth-order valence-corrected chi connectivity index (χ4v) is 3.02. The lowest BCUT2D eigenvalue weighted by Gasteiger charge is -2.23. The van der Waals surface area contributed by atoms with Crippen molar-refractivity contribution in [3.05, 3.63) is 11.6 Å². The number of likely N-dealkylation sites (tertiary alicyclic amines) is 1. The molecule has 0 bridgehead atoms. The highest BCUT2D eigenvalue weighted by atomic mass is 16.5. The average molecular weight is 280 g/mol. The Bertz CT molecular complexity index is 409. The topological polar surface area (TPSA) is 72.6 Å². The van der Waals surface area contributed by atoms with Crippen LogP contribution in [0.2, 0.25) is 0 Å². The molecule has 0 spiro atoms. The second-order valence-electron chi connectivity index (χ2n) is 5.99. The molecule has 0 aromatic rings. The van der Waals surface area contributed by atoms with E-state index in [0.717, 1.165) is 31.6 Å². The number of ether oxygens (including phenoxy) is 1. The molecular formula is C15H24N2O3. The summed E-state index contributed by atoms with van der Waals surface area (Å²) < 4.78 is 5.25. The summed E-state index contributed by atoms with van der Waals surface area (Å²) in [6, 6.07) is -0.535. The van der Waals surface area contributed by atoms with E-state index in [-0.39, 0.29) is 12.0 Å². The van der Waals surface area contributed by atoms with Crippen molar-refractivity contribution in [2.75, 3.05) is 13.7 Å². The largest absolute Gasteiger partial charge is 0.380 e. The number of nitrogens with zero attached hydrogens (tertiary/aromatic N) is 1. The molecule has 1 heterocycles. The van der Waals surface area contributed by atoms with Gasteiger partial charge < -0.3 is 15.4 Å². The standard InChI is InChI=1S/C15H24N2O3/c1-10-3-5-11(6-4-10)7-14(18)17-9-12(20-2)8-13(17)15(16)19/h7,10,12-13H,3-6,8-9H2,1-2H3,(H2,16,19)/t10?,12-,13-/m0/s1. The maximum atomic E-state index is 12.4. The first kappa shape index (κ1) is 15.0. The Hall–Kier alpha value is -1.36. The third-order valence-corrected chi connectivity index (χ3v) is 4.45. The van der Waals surface area contributed by atoms with Gasteiger partial charge in [0, 0.05) is 26.2 Å². The van der Waals surface area contributed by atoms with Crippen molar-refractivity contribution < 1.29 is 14.3 Å². The Morgan fingerprint density at radius 1 is 1.35 bits per heavy atom. The van der Waals surface area contributed by atoms with E-state index in [9.17, 15) is 9.59 Å². The minimum absolute atomic E-state index is 0.0961. The van der Waals surface area contributed by atoms with Crippen molar-refractivity contribution in [2.45, 2.75) is 51.2 Å². The van der Waals surface area contributed by atoms with Gasteiger partial charge >= 0.3 is 0 Å². The molecule has 1 aliphatic carbocycles. The quantitative estimate of drug-likeness (QED) is 0.790. The molecule has 2 N–H and O–H groups in total. The molecule has 20 heavy (non-hydrogen) atoms. The van der Waals surface area contributed by atoms with Crippen LogP contribution in [0.5, 0.6) is 0 Å². The smallest absolute Gasteiger partial charge is 0.247 e. The van der Waals surface area contributed by atoms with E-state index in [1.54, 1.807) is 18.1 Å². The molecule has 0 radical (unpaired) electrons. The van der Waals surface area contributed by atoms with Crippen molar-refractivity contribution in [1.82, 2.24) is 4.90 Å². The number of primary amides is 1. The fraction of sp³-hybridized carbons (Fsp3) is 0.733. The van der Waals surface area contributed by atoms with Crippen LogP contribution in [-0.2, 0) is 14.3 Å². The first-order valence-electron chi connectivity index (χ1n) is 7.33. The van der Waals surface area contributed by atoms with Gasteiger partial charge in [0.05, 0.1) is 6.10 Å². The Balaban J connectivity index is 2.03. The third-order valence-electron chi connectivity index (χ3n) is 4.45. The number of methoxy groups -OCH3 is 1. The zero-order valence-electron chi connectivity index (χ0n) is 12.3. The molecular weight excluding hydrogens is 256 g/mol. The van der Waals surface area contributed by atoms with Gasteiger partial charge in [-0.1, -0.05) is 12.5 Å². The molecule has 5 nitrogen and oxygen atoms in total. The Morgan fingerprint density at radius 2 is 2.00 bits per heavy atom. The van der Waals surface area contributed by atoms with E-state index < -0.39 is 11.9 Å². The summed E-state index contributed by atoms with van der Waals surface area (Å²) in [6.07, 6.45) is 6.35. The second kappa shape index (κ2) is 6.39. The highest BCUT2D eigenvalue weighted by molar-refractivity contribution is 5.93. The Kier molecular flexibility index (Phi) is 4.81. The van der Waals surface area contributed by atoms with Crippen molar-refractivity contribution in [3.8, 4) is 0 Å². The Morgan fingerprint density at radius 3 is 2.55 bits per heavy atom. The number of hydrogen-bond acceptors (Lipinski definition) is 3. The minimum atomic E-state index is -0.535. The van der Waals surface area contributed by atoms with Gasteiger partial charge in [-0.2, -0.15) is 0 Å². The second-order valence-corrected chi connectivity index (χ2v) is 5.99. The predicted octanol–water partition coefficient (Wildman–Crippen LogP) is 1.22. The lowest BCUT2D eigenvalue weighted by atomic mass is 9.87. The van der Waals surface area contributed by atoms with Crippen LogP contribution in [0, 0.1) is 5.92 Å². The highest BCUT2D eigenvalue weighted by Gasteiger charge is 2.38. The van der Waals surface area contributed by atoms with Crippen LogP contribution in [0.3, 0.4) is 0 Å². The number of rotatable bonds is 3. The van der Waals surface area contributed by atoms with Gasteiger partial charge in [-0.3, -0.25) is 9.59 Å². The molecule has 5 heteroatoms. The molecule has 0 aromatic carbocycles. The van der Waals surface area contributed by atoms with Crippen molar-refractivity contribution in [3.63, 3.8) is 0 Å². The van der Waals surface area contributed by atoms with Crippen molar-refractivity contribution >= 4 is 11.8 Å². The summed E-state index contributed by atoms with van der Waals surface area (Å²) >= 11 is 0. The molecule has 2 fully saturated rings. The van der Waals surface area contributed by atoms with E-state index in [2.05, 4.69) is 6.92 Å². The van der Waals surface area contributed by atoms with Crippen LogP contribution < -0.4 is 5.73 Å². The van der Waals surface area contributed by atoms with Gasteiger partial charge in [-0.05, 0) is 31.6 Å². The van der Waals surface area contributed by atoms with E-state index in [4.69, 9.17) is 10.5 Å². The number of nitrogens with two attached hydrogens (primary N) is 1. The molecule has 0 aromatic heterocycles. The van der Waals surface area contributed by atoms with Gasteiger partial charge in [0.2, 0.25) is 11.8 Å². The minimum Gasteiger partial charge on any atom is -0.380 e. The van der Waals surface area contributed by atoms with Crippen LogP contribution in [0.25, 0.3) is 0 Å². The monoisotopic (exact) mass is 280 g/mol. The number of allylic oxidation sites excluding steroid dienone is 1. The zero-order chi connectivity index (χ0) is 14.7. The number of carbonyl (C=O) groups is 2. The molecule has 2 atom stereocenters. The first-order chi connectivity index (χ1) is 9.51. The lowest BCUT2D eigenvalue weighted by Crippen LogP contribution is -2.43. The van der Waals surface area contributed by atoms with Crippen LogP contribution >= 0.6 is 0 Å². The average Bonchev–Trinajstić information content (AvgIpc) is 2.86. The summed E-state index contributed by atoms with van der Waals surface area (Å²) in [5.41, 5.74) is 6.58. The summed E-state index contributed by atoms with van der Waals surface area (Å²) in [7, 11) is 1.59. The van der Waals surface area contributed by atoms with Gasteiger partial charge in [-0.25, -0.2) is 0 Å². The molecule has 2 amide bonds. The molecule has 1 aliphatic heterocycles. The lowest BCUT2D eigenvalue weighted by molar-refractivity contribution is -0.133. The molecule has 112 valence electrons. The molecule has 2 aliphatic rings. The number of amides is 2. The molecule has 0 unspecified atom stereocenters. The van der Waals surface area contributed by atoms with E-state index in [1.807, 2.05) is 0 Å². The Labute approximate surface area is 120 Å². The SMILES string of the molecule is CO[C@H]1C[C@@H](C(N)=O)N(C(=O)C=C2CCC(C)CC2)C1. The van der Waals surface area contributed by atoms with Crippen LogP contribution in [0.15, 0.2) is 11.6 Å². The molecule has 2 rings (SSSR count). The van der Waals surface area contributed by atoms with Gasteiger partial charge in [-0.15, -0.1) is 0 Å². The van der Waals surface area contributed by atoms with Gasteiger partial charge in [0.25, 0.3) is 0 Å². The summed E-state index contributed by atoms with van der Waals surface area (Å²) in [5.74, 6) is 0.191. The van der Waals surface area contributed by atoms with Crippen LogP contribution in [0.1, 0.15) is 39.0 Å².